The van der Waals surface area contributed by atoms with Gasteiger partial charge in [0.05, 0.1) is 4.92 Å². The Bertz CT molecular complexity index is 929. The fraction of sp³-hybridized carbons (Fsp3) is 0.250. The highest BCUT2D eigenvalue weighted by Gasteiger charge is 2.36. The van der Waals surface area contributed by atoms with Crippen LogP contribution in [-0.4, -0.2) is 46.9 Å². The van der Waals surface area contributed by atoms with Crippen LogP contribution in [0.3, 0.4) is 0 Å². The lowest BCUT2D eigenvalue weighted by Gasteiger charge is -2.22. The van der Waals surface area contributed by atoms with Gasteiger partial charge in [0.15, 0.2) is 6.61 Å². The van der Waals surface area contributed by atoms with E-state index in [2.05, 4.69) is 0 Å². The maximum atomic E-state index is 12.4. The van der Waals surface area contributed by atoms with E-state index in [9.17, 15) is 24.5 Å². The van der Waals surface area contributed by atoms with E-state index in [0.29, 0.717) is 25.1 Å². The van der Waals surface area contributed by atoms with E-state index >= 15 is 0 Å². The Morgan fingerprint density at radius 2 is 1.86 bits per heavy atom. The highest BCUT2D eigenvalue weighted by molar-refractivity contribution is 5.98. The molecule has 1 fully saturated rings. The Hall–Kier alpha value is -3.75. The number of nitro benzene ring substituents is 1. The number of nitro groups is 1. The van der Waals surface area contributed by atoms with Gasteiger partial charge >= 0.3 is 12.1 Å². The van der Waals surface area contributed by atoms with Gasteiger partial charge in [-0.05, 0) is 25.0 Å². The number of non-ortho nitro benzene ring substituents is 1. The summed E-state index contributed by atoms with van der Waals surface area (Å²) in [5.74, 6) is -0.929. The van der Waals surface area contributed by atoms with Crippen molar-refractivity contribution < 1.29 is 28.8 Å². The van der Waals surface area contributed by atoms with Crippen molar-refractivity contribution in [2.24, 2.45) is 0 Å². The van der Waals surface area contributed by atoms with Crippen LogP contribution < -0.4 is 4.74 Å². The summed E-state index contributed by atoms with van der Waals surface area (Å²) in [5.41, 5.74) is -0.161. The van der Waals surface area contributed by atoms with Crippen LogP contribution in [0.4, 0.5) is 10.5 Å². The zero-order valence-corrected chi connectivity index (χ0v) is 15.4. The van der Waals surface area contributed by atoms with E-state index in [1.54, 1.807) is 30.3 Å². The van der Waals surface area contributed by atoms with Gasteiger partial charge in [0.25, 0.3) is 5.69 Å². The third-order valence-electron chi connectivity index (χ3n) is 4.43. The van der Waals surface area contributed by atoms with E-state index < -0.39 is 35.4 Å². The summed E-state index contributed by atoms with van der Waals surface area (Å²) in [5, 5.41) is 10.8. The minimum Gasteiger partial charge on any atom is -0.456 e. The fourth-order valence-electron chi connectivity index (χ4n) is 2.99. The van der Waals surface area contributed by atoms with Crippen molar-refractivity contribution in [1.82, 2.24) is 4.90 Å². The summed E-state index contributed by atoms with van der Waals surface area (Å²) in [6.45, 7) is -0.234. The predicted molar refractivity (Wildman–Crippen MR) is 101 cm³/mol. The Morgan fingerprint density at radius 3 is 2.59 bits per heavy atom. The number of amides is 1. The van der Waals surface area contributed by atoms with Gasteiger partial charge in [0, 0.05) is 24.2 Å². The van der Waals surface area contributed by atoms with Crippen LogP contribution in [-0.2, 0) is 9.53 Å². The van der Waals surface area contributed by atoms with Crippen molar-refractivity contribution in [2.75, 3.05) is 13.2 Å². The number of benzene rings is 2. The molecule has 1 aliphatic heterocycles. The van der Waals surface area contributed by atoms with Gasteiger partial charge in [-0.3, -0.25) is 19.8 Å². The summed E-state index contributed by atoms with van der Waals surface area (Å²) >= 11 is 0. The standard InChI is InChI=1S/C20H18N2O7/c23-18(14-6-4-7-15(12-14)22(26)27)13-28-19(24)17-10-5-11-21(17)20(25)29-16-8-2-1-3-9-16/h1-4,6-9,12,17H,5,10-11,13H2/t17-/m0/s1. The first-order chi connectivity index (χ1) is 14.0. The van der Waals surface area contributed by atoms with Gasteiger partial charge < -0.3 is 9.47 Å². The third kappa shape index (κ3) is 4.95. The normalized spacial score (nSPS) is 15.6. The van der Waals surface area contributed by atoms with E-state index in [-0.39, 0.29) is 11.3 Å². The molecule has 2 aromatic carbocycles. The van der Waals surface area contributed by atoms with Crippen LogP contribution in [0.1, 0.15) is 23.2 Å². The number of hydrogen-bond donors (Lipinski definition) is 0. The second kappa shape index (κ2) is 8.96. The van der Waals surface area contributed by atoms with Crippen molar-refractivity contribution in [3.8, 4) is 5.75 Å². The SMILES string of the molecule is O=C(COC(=O)[C@@H]1CCCN1C(=O)Oc1ccccc1)c1cccc([N+](=O)[O-])c1. The number of hydrogen-bond acceptors (Lipinski definition) is 7. The van der Waals surface area contributed by atoms with Crippen LogP contribution in [0.2, 0.25) is 0 Å². The zero-order chi connectivity index (χ0) is 20.8. The van der Waals surface area contributed by atoms with E-state index in [4.69, 9.17) is 9.47 Å². The average molecular weight is 398 g/mol. The molecule has 0 aromatic heterocycles. The molecule has 0 unspecified atom stereocenters. The van der Waals surface area contributed by atoms with Gasteiger partial charge in [-0.25, -0.2) is 9.59 Å². The number of rotatable bonds is 6. The van der Waals surface area contributed by atoms with E-state index in [1.165, 1.54) is 23.1 Å². The van der Waals surface area contributed by atoms with Crippen LogP contribution in [0.25, 0.3) is 0 Å². The molecule has 2 aromatic rings. The summed E-state index contributed by atoms with van der Waals surface area (Å²) in [7, 11) is 0. The largest absolute Gasteiger partial charge is 0.456 e. The number of para-hydroxylation sites is 1. The highest BCUT2D eigenvalue weighted by Crippen LogP contribution is 2.21. The molecule has 1 heterocycles. The average Bonchev–Trinajstić information content (AvgIpc) is 3.23. The smallest absolute Gasteiger partial charge is 0.415 e. The van der Waals surface area contributed by atoms with E-state index in [1.807, 2.05) is 0 Å². The topological polar surface area (TPSA) is 116 Å². The molecular weight excluding hydrogens is 380 g/mol. The van der Waals surface area contributed by atoms with Crippen LogP contribution in [0.5, 0.6) is 5.75 Å². The number of Topliss-reactive ketones (excluding diaryl/α,β-unsaturated/α-hetero) is 1. The first-order valence-corrected chi connectivity index (χ1v) is 8.93. The molecule has 0 aliphatic carbocycles. The Morgan fingerprint density at radius 1 is 1.10 bits per heavy atom. The maximum absolute atomic E-state index is 12.4. The number of carbonyl (C=O) groups is 3. The molecular formula is C20H18N2O7. The molecule has 9 nitrogen and oxygen atoms in total. The lowest BCUT2D eigenvalue weighted by atomic mass is 10.1. The van der Waals surface area contributed by atoms with Crippen molar-refractivity contribution in [3.63, 3.8) is 0 Å². The third-order valence-corrected chi connectivity index (χ3v) is 4.43. The van der Waals surface area contributed by atoms with E-state index in [0.717, 1.165) is 6.07 Å². The van der Waals surface area contributed by atoms with Gasteiger partial charge in [-0.1, -0.05) is 30.3 Å². The number of carbonyl (C=O) groups excluding carboxylic acids is 3. The molecule has 1 amide bonds. The summed E-state index contributed by atoms with van der Waals surface area (Å²) in [4.78, 5) is 48.4. The van der Waals surface area contributed by atoms with Crippen molar-refractivity contribution in [3.05, 3.63) is 70.3 Å². The summed E-state index contributed by atoms with van der Waals surface area (Å²) in [6.07, 6.45) is 0.330. The summed E-state index contributed by atoms with van der Waals surface area (Å²) < 4.78 is 10.3. The number of nitrogens with zero attached hydrogens (tertiary/aromatic N) is 2. The first-order valence-electron chi connectivity index (χ1n) is 8.93. The molecule has 0 saturated carbocycles. The monoisotopic (exact) mass is 398 g/mol. The molecule has 1 saturated heterocycles. The Balaban J connectivity index is 1.58. The van der Waals surface area contributed by atoms with Crippen LogP contribution in [0, 0.1) is 10.1 Å². The van der Waals surface area contributed by atoms with Crippen LogP contribution >= 0.6 is 0 Å². The lowest BCUT2D eigenvalue weighted by Crippen LogP contribution is -2.43. The van der Waals surface area contributed by atoms with Crippen molar-refractivity contribution in [1.29, 1.82) is 0 Å². The molecule has 1 aliphatic rings. The molecule has 9 heteroatoms. The first kappa shape index (κ1) is 20.0. The fourth-order valence-corrected chi connectivity index (χ4v) is 2.99. The quantitative estimate of drug-likeness (QED) is 0.318. The molecule has 0 spiro atoms. The van der Waals surface area contributed by atoms with Gasteiger partial charge in [-0.15, -0.1) is 0 Å². The zero-order valence-electron chi connectivity index (χ0n) is 15.4. The lowest BCUT2D eigenvalue weighted by molar-refractivity contribution is -0.384. The van der Waals surface area contributed by atoms with Gasteiger partial charge in [0.1, 0.15) is 11.8 Å². The molecule has 1 atom stereocenters. The second-order valence-electron chi connectivity index (χ2n) is 6.37. The molecule has 0 bridgehead atoms. The minimum atomic E-state index is -0.843. The van der Waals surface area contributed by atoms with Gasteiger partial charge in [-0.2, -0.15) is 0 Å². The number of likely N-dealkylation sites (tertiary alicyclic amines) is 1. The predicted octanol–water partition coefficient (Wildman–Crippen LogP) is 2.98. The van der Waals surface area contributed by atoms with Crippen molar-refractivity contribution >= 4 is 23.5 Å². The molecule has 150 valence electrons. The maximum Gasteiger partial charge on any atom is 0.415 e. The molecule has 29 heavy (non-hydrogen) atoms. The van der Waals surface area contributed by atoms with Gasteiger partial charge in [0.2, 0.25) is 5.78 Å². The van der Waals surface area contributed by atoms with Crippen molar-refractivity contribution in [2.45, 2.75) is 18.9 Å². The summed E-state index contributed by atoms with van der Waals surface area (Å²) in [6, 6.07) is 12.8. The second-order valence-corrected chi connectivity index (χ2v) is 6.37. The highest BCUT2D eigenvalue weighted by atomic mass is 16.6. The van der Waals surface area contributed by atoms with Crippen LogP contribution in [0.15, 0.2) is 54.6 Å². The minimum absolute atomic E-state index is 0.0683. The number of ether oxygens (including phenoxy) is 2. The molecule has 3 rings (SSSR count). The molecule has 0 N–H and O–H groups in total. The number of ketones is 1. The Kier molecular flexibility index (Phi) is 6.18. The number of esters is 1. The Labute approximate surface area is 166 Å². The molecule has 0 radical (unpaired) electrons.